The number of guanidine groups is 1. The van der Waals surface area contributed by atoms with E-state index in [0.29, 0.717) is 23.2 Å². The average Bonchev–Trinajstić information content (AvgIpc) is 2.61. The fraction of sp³-hybridized carbons (Fsp3) is 0.556. The molecule has 1 aromatic rings. The van der Waals surface area contributed by atoms with E-state index in [1.165, 1.54) is 0 Å². The summed E-state index contributed by atoms with van der Waals surface area (Å²) >= 11 is 12.4. The number of hydrogen-bond acceptors (Lipinski definition) is 3. The van der Waals surface area contributed by atoms with Gasteiger partial charge in [0.05, 0.1) is 12.5 Å². The lowest BCUT2D eigenvalue weighted by Crippen LogP contribution is -2.47. The van der Waals surface area contributed by atoms with E-state index in [9.17, 15) is 4.79 Å². The van der Waals surface area contributed by atoms with Crippen molar-refractivity contribution < 1.29 is 9.53 Å². The maximum absolute atomic E-state index is 11.8. The number of rotatable bonds is 5. The van der Waals surface area contributed by atoms with Gasteiger partial charge in [0.15, 0.2) is 5.96 Å². The lowest BCUT2D eigenvalue weighted by Gasteiger charge is -2.33. The van der Waals surface area contributed by atoms with Gasteiger partial charge in [0.2, 0.25) is 0 Å². The van der Waals surface area contributed by atoms with Gasteiger partial charge in [-0.15, -0.1) is 24.0 Å². The van der Waals surface area contributed by atoms with E-state index in [4.69, 9.17) is 27.9 Å². The number of nitrogens with zero attached hydrogens (tertiary/aromatic N) is 2. The Morgan fingerprint density at radius 1 is 1.31 bits per heavy atom. The summed E-state index contributed by atoms with van der Waals surface area (Å²) in [6.45, 7) is 4.54. The van der Waals surface area contributed by atoms with Crippen molar-refractivity contribution in [1.29, 1.82) is 0 Å². The third kappa shape index (κ3) is 6.46. The molecule has 1 N–H and O–H groups in total. The number of aliphatic imine (C=N–C) groups is 1. The lowest BCUT2D eigenvalue weighted by molar-refractivity contribution is -0.149. The first kappa shape index (κ1) is 23.3. The van der Waals surface area contributed by atoms with Gasteiger partial charge in [-0.3, -0.25) is 9.79 Å². The molecule has 146 valence electrons. The van der Waals surface area contributed by atoms with E-state index >= 15 is 0 Å². The summed E-state index contributed by atoms with van der Waals surface area (Å²) < 4.78 is 5.11. The van der Waals surface area contributed by atoms with Crippen molar-refractivity contribution in [2.24, 2.45) is 10.9 Å². The van der Waals surface area contributed by atoms with Crippen LogP contribution in [0.15, 0.2) is 23.2 Å². The number of carbonyl (C=O) groups excluding carboxylic acids is 1. The molecule has 26 heavy (non-hydrogen) atoms. The summed E-state index contributed by atoms with van der Waals surface area (Å²) in [6.07, 6.45) is 2.29. The molecule has 1 saturated heterocycles. The first-order chi connectivity index (χ1) is 12.1. The third-order valence-electron chi connectivity index (χ3n) is 4.35. The predicted molar refractivity (Wildman–Crippen MR) is 118 cm³/mol. The van der Waals surface area contributed by atoms with Gasteiger partial charge < -0.3 is 15.0 Å². The van der Waals surface area contributed by atoms with E-state index in [1.54, 1.807) is 7.05 Å². The van der Waals surface area contributed by atoms with E-state index < -0.39 is 0 Å². The highest BCUT2D eigenvalue weighted by Crippen LogP contribution is 2.24. The fourth-order valence-corrected chi connectivity index (χ4v) is 3.58. The van der Waals surface area contributed by atoms with Gasteiger partial charge >= 0.3 is 5.97 Å². The maximum Gasteiger partial charge on any atom is 0.309 e. The zero-order chi connectivity index (χ0) is 18.2. The summed E-state index contributed by atoms with van der Waals surface area (Å²) in [7, 11) is 1.77. The Kier molecular flexibility index (Phi) is 10.6. The Bertz CT molecular complexity index is 600. The molecule has 0 spiro atoms. The average molecular weight is 514 g/mol. The zero-order valence-electron chi connectivity index (χ0n) is 15.1. The molecule has 0 atom stereocenters. The summed E-state index contributed by atoms with van der Waals surface area (Å²) in [5.74, 6) is 0.750. The Labute approximate surface area is 182 Å². The fourth-order valence-electron chi connectivity index (χ4n) is 2.99. The van der Waals surface area contributed by atoms with Crippen LogP contribution in [0.3, 0.4) is 0 Å². The molecule has 1 fully saturated rings. The van der Waals surface area contributed by atoms with Gasteiger partial charge in [0, 0.05) is 36.7 Å². The number of ether oxygens (including phenoxy) is 1. The minimum absolute atomic E-state index is 0. The summed E-state index contributed by atoms with van der Waals surface area (Å²) in [5.41, 5.74) is 0.940. The van der Waals surface area contributed by atoms with Gasteiger partial charge in [-0.1, -0.05) is 29.3 Å². The van der Waals surface area contributed by atoms with Crippen LogP contribution in [-0.4, -0.2) is 50.1 Å². The monoisotopic (exact) mass is 513 g/mol. The molecule has 0 saturated carbocycles. The Hall–Kier alpha value is -0.730. The molecule has 0 amide bonds. The Morgan fingerprint density at radius 2 is 1.92 bits per heavy atom. The molecule has 0 aromatic heterocycles. The van der Waals surface area contributed by atoms with E-state index in [1.807, 2.05) is 25.1 Å². The number of likely N-dealkylation sites (tertiary alicyclic amines) is 1. The molecular weight excluding hydrogens is 488 g/mol. The first-order valence-electron chi connectivity index (χ1n) is 8.62. The smallest absolute Gasteiger partial charge is 0.309 e. The van der Waals surface area contributed by atoms with Gasteiger partial charge in [-0.2, -0.15) is 0 Å². The topological polar surface area (TPSA) is 53.9 Å². The highest BCUT2D eigenvalue weighted by Gasteiger charge is 2.27. The minimum Gasteiger partial charge on any atom is -0.466 e. The van der Waals surface area contributed by atoms with Crippen LogP contribution in [0.4, 0.5) is 0 Å². The second kappa shape index (κ2) is 11.9. The van der Waals surface area contributed by atoms with Crippen molar-refractivity contribution in [3.05, 3.63) is 33.8 Å². The molecule has 8 heteroatoms. The third-order valence-corrected chi connectivity index (χ3v) is 5.05. The second-order valence-corrected chi connectivity index (χ2v) is 6.75. The second-order valence-electron chi connectivity index (χ2n) is 5.94. The number of esters is 1. The van der Waals surface area contributed by atoms with Crippen molar-refractivity contribution >= 4 is 59.1 Å². The van der Waals surface area contributed by atoms with Crippen molar-refractivity contribution in [2.45, 2.75) is 26.2 Å². The molecule has 2 rings (SSSR count). The molecule has 0 bridgehead atoms. The van der Waals surface area contributed by atoms with Crippen molar-refractivity contribution in [1.82, 2.24) is 10.2 Å². The van der Waals surface area contributed by atoms with Crippen molar-refractivity contribution in [3.63, 3.8) is 0 Å². The van der Waals surface area contributed by atoms with Crippen LogP contribution >= 0.6 is 47.2 Å². The standard InChI is InChI=1S/C18H25Cl2N3O2.HI/c1-3-25-17(24)13-8-11-23(12-9-13)18(21-2)22-10-7-14-15(19)5-4-6-16(14)20;/h4-6,13H,3,7-12H2,1-2H3,(H,21,22);1H. The SMILES string of the molecule is CCOC(=O)C1CCN(C(=NC)NCCc2c(Cl)cccc2Cl)CC1.I. The van der Waals surface area contributed by atoms with Crippen LogP contribution in [0.5, 0.6) is 0 Å². The molecule has 0 radical (unpaired) electrons. The highest BCUT2D eigenvalue weighted by atomic mass is 127. The Morgan fingerprint density at radius 3 is 2.46 bits per heavy atom. The normalized spacial score (nSPS) is 15.4. The number of piperidine rings is 1. The molecule has 5 nitrogen and oxygen atoms in total. The molecule has 1 aromatic carbocycles. The summed E-state index contributed by atoms with van der Waals surface area (Å²) in [4.78, 5) is 18.3. The van der Waals surface area contributed by atoms with Crippen LogP contribution in [0.2, 0.25) is 10.0 Å². The first-order valence-corrected chi connectivity index (χ1v) is 9.37. The molecule has 1 aliphatic heterocycles. The molecule has 0 aliphatic carbocycles. The number of halogens is 3. The zero-order valence-corrected chi connectivity index (χ0v) is 19.0. The van der Waals surface area contributed by atoms with Crippen LogP contribution in [0, 0.1) is 5.92 Å². The van der Waals surface area contributed by atoms with E-state index in [0.717, 1.165) is 43.9 Å². The summed E-state index contributed by atoms with van der Waals surface area (Å²) in [5, 5.41) is 4.71. The minimum atomic E-state index is -0.0848. The molecular formula is C18H26Cl2IN3O2. The van der Waals surface area contributed by atoms with Crippen LogP contribution in [0.25, 0.3) is 0 Å². The van der Waals surface area contributed by atoms with Crippen LogP contribution in [0.1, 0.15) is 25.3 Å². The van der Waals surface area contributed by atoms with Crippen LogP contribution < -0.4 is 5.32 Å². The van der Waals surface area contributed by atoms with Gasteiger partial charge in [-0.25, -0.2) is 0 Å². The van der Waals surface area contributed by atoms with Crippen molar-refractivity contribution in [3.8, 4) is 0 Å². The highest BCUT2D eigenvalue weighted by molar-refractivity contribution is 14.0. The molecule has 1 aliphatic rings. The Balaban J connectivity index is 0.00000338. The maximum atomic E-state index is 11.8. The summed E-state index contributed by atoms with van der Waals surface area (Å²) in [6, 6.07) is 5.53. The lowest BCUT2D eigenvalue weighted by atomic mass is 9.97. The number of benzene rings is 1. The van der Waals surface area contributed by atoms with Crippen molar-refractivity contribution in [2.75, 3.05) is 33.3 Å². The number of carbonyl (C=O) groups is 1. The van der Waals surface area contributed by atoms with Gasteiger partial charge in [0.25, 0.3) is 0 Å². The number of nitrogens with one attached hydrogen (secondary N) is 1. The van der Waals surface area contributed by atoms with E-state index in [-0.39, 0.29) is 35.9 Å². The molecule has 0 unspecified atom stereocenters. The van der Waals surface area contributed by atoms with E-state index in [2.05, 4.69) is 15.2 Å². The van der Waals surface area contributed by atoms with Gasteiger partial charge in [0.1, 0.15) is 0 Å². The number of hydrogen-bond donors (Lipinski definition) is 1. The van der Waals surface area contributed by atoms with Crippen LogP contribution in [-0.2, 0) is 16.0 Å². The van der Waals surface area contributed by atoms with Gasteiger partial charge in [-0.05, 0) is 43.9 Å². The predicted octanol–water partition coefficient (Wildman–Crippen LogP) is 4.00. The quantitative estimate of drug-likeness (QED) is 0.280. The largest absolute Gasteiger partial charge is 0.466 e. The molecule has 1 heterocycles.